The average molecular weight is 416 g/mol. The third-order valence-corrected chi connectivity index (χ3v) is 5.25. The van der Waals surface area contributed by atoms with Crippen molar-refractivity contribution < 1.29 is 23.5 Å². The predicted molar refractivity (Wildman–Crippen MR) is 108 cm³/mol. The van der Waals surface area contributed by atoms with E-state index in [1.165, 1.54) is 18.3 Å². The van der Waals surface area contributed by atoms with Crippen molar-refractivity contribution in [2.75, 3.05) is 11.9 Å². The van der Waals surface area contributed by atoms with Gasteiger partial charge in [-0.2, -0.15) is 5.10 Å². The molecule has 1 aliphatic carbocycles. The van der Waals surface area contributed by atoms with Crippen molar-refractivity contribution in [2.45, 2.75) is 45.6 Å². The Morgan fingerprint density at radius 1 is 1.20 bits per heavy atom. The molecule has 1 heterocycles. The summed E-state index contributed by atoms with van der Waals surface area (Å²) in [6.07, 6.45) is 3.89. The number of carbonyl (C=O) groups excluding carboxylic acids is 3. The predicted octanol–water partition coefficient (Wildman–Crippen LogP) is 2.96. The topological polar surface area (TPSA) is 113 Å². The minimum Gasteiger partial charge on any atom is -0.466 e. The average Bonchev–Trinajstić information content (AvgIpc) is 3.17. The highest BCUT2D eigenvalue weighted by Gasteiger charge is 2.29. The smallest absolute Gasteiger partial charge is 0.308 e. The summed E-state index contributed by atoms with van der Waals surface area (Å²) >= 11 is 0. The zero-order chi connectivity index (χ0) is 21.7. The number of aromatic amines is 1. The molecule has 1 aromatic heterocycles. The molecule has 0 saturated heterocycles. The zero-order valence-corrected chi connectivity index (χ0v) is 17.0. The Hall–Kier alpha value is -3.23. The molecule has 8 nitrogen and oxygen atoms in total. The van der Waals surface area contributed by atoms with Crippen LogP contribution in [0.1, 0.15) is 59.0 Å². The van der Waals surface area contributed by atoms with Gasteiger partial charge in [-0.1, -0.05) is 12.1 Å². The van der Waals surface area contributed by atoms with Gasteiger partial charge in [0.1, 0.15) is 11.5 Å². The second-order valence-corrected chi connectivity index (χ2v) is 7.32. The quantitative estimate of drug-likeness (QED) is 0.627. The molecule has 0 unspecified atom stereocenters. The number of aryl methyl sites for hydroxylation is 1. The third-order valence-electron chi connectivity index (χ3n) is 5.25. The first-order valence-corrected chi connectivity index (χ1v) is 9.98. The van der Waals surface area contributed by atoms with E-state index in [4.69, 9.17) is 4.74 Å². The maximum Gasteiger partial charge on any atom is 0.308 e. The molecule has 3 rings (SSSR count). The molecule has 0 spiro atoms. The number of hydrogen-bond acceptors (Lipinski definition) is 5. The van der Waals surface area contributed by atoms with Crippen molar-refractivity contribution in [1.29, 1.82) is 0 Å². The monoisotopic (exact) mass is 416 g/mol. The highest BCUT2D eigenvalue weighted by Crippen LogP contribution is 2.26. The summed E-state index contributed by atoms with van der Waals surface area (Å²) in [5.41, 5.74) is 0.660. The molecular weight excluding hydrogens is 391 g/mol. The number of carbonyl (C=O) groups is 3. The fourth-order valence-electron chi connectivity index (χ4n) is 3.65. The van der Waals surface area contributed by atoms with Crippen LogP contribution in [0.3, 0.4) is 0 Å². The zero-order valence-electron chi connectivity index (χ0n) is 17.0. The van der Waals surface area contributed by atoms with Crippen molar-refractivity contribution >= 4 is 23.5 Å². The molecule has 0 bridgehead atoms. The van der Waals surface area contributed by atoms with Gasteiger partial charge < -0.3 is 15.4 Å². The number of nitrogens with one attached hydrogen (secondary N) is 3. The molecule has 0 atom stereocenters. The van der Waals surface area contributed by atoms with E-state index in [9.17, 15) is 18.8 Å². The van der Waals surface area contributed by atoms with Gasteiger partial charge in [0.05, 0.1) is 30.0 Å². The molecule has 0 aliphatic heterocycles. The van der Waals surface area contributed by atoms with Gasteiger partial charge in [0.2, 0.25) is 0 Å². The van der Waals surface area contributed by atoms with E-state index >= 15 is 0 Å². The number of nitrogens with zero attached hydrogens (tertiary/aromatic N) is 1. The number of hydrogen-bond donors (Lipinski definition) is 3. The van der Waals surface area contributed by atoms with Gasteiger partial charge in [-0.15, -0.1) is 0 Å². The SMILES string of the molecule is CCOC(=O)C1CCC(NC(=O)c2[nH]ncc2NC(=O)c2c(C)cccc2F)CC1. The van der Waals surface area contributed by atoms with E-state index in [1.807, 2.05) is 0 Å². The number of H-pyrrole nitrogens is 1. The van der Waals surface area contributed by atoms with Crippen LogP contribution < -0.4 is 10.6 Å². The van der Waals surface area contributed by atoms with Crippen LogP contribution in [0.15, 0.2) is 24.4 Å². The van der Waals surface area contributed by atoms with Gasteiger partial charge in [0.25, 0.3) is 11.8 Å². The lowest BCUT2D eigenvalue weighted by molar-refractivity contribution is -0.149. The summed E-state index contributed by atoms with van der Waals surface area (Å²) in [7, 11) is 0. The fourth-order valence-corrected chi connectivity index (χ4v) is 3.65. The van der Waals surface area contributed by atoms with Crippen molar-refractivity contribution in [2.24, 2.45) is 5.92 Å². The number of aromatic nitrogens is 2. The van der Waals surface area contributed by atoms with Crippen molar-refractivity contribution in [3.8, 4) is 0 Å². The molecule has 160 valence electrons. The van der Waals surface area contributed by atoms with Crippen LogP contribution in [0.2, 0.25) is 0 Å². The standard InChI is InChI=1S/C21H25FN4O4/c1-3-30-21(29)13-7-9-14(10-8-13)24-20(28)18-16(11-23-26-18)25-19(27)17-12(2)5-4-6-15(17)22/h4-6,11,13-14H,3,7-10H2,1-2H3,(H,23,26)(H,24,28)(H,25,27). The Bertz CT molecular complexity index is 915. The Kier molecular flexibility index (Phi) is 6.81. The first-order valence-electron chi connectivity index (χ1n) is 9.98. The summed E-state index contributed by atoms with van der Waals surface area (Å²) in [5.74, 6) is -2.04. The minimum absolute atomic E-state index is 0.0812. The fraction of sp³-hybridized carbons (Fsp3) is 0.429. The second kappa shape index (κ2) is 9.51. The lowest BCUT2D eigenvalue weighted by Gasteiger charge is -2.27. The maximum absolute atomic E-state index is 14.0. The molecule has 30 heavy (non-hydrogen) atoms. The largest absolute Gasteiger partial charge is 0.466 e. The normalized spacial score (nSPS) is 18.5. The van der Waals surface area contributed by atoms with E-state index < -0.39 is 17.6 Å². The van der Waals surface area contributed by atoms with Crippen LogP contribution in [0, 0.1) is 18.7 Å². The van der Waals surface area contributed by atoms with E-state index in [-0.39, 0.29) is 34.9 Å². The van der Waals surface area contributed by atoms with Gasteiger partial charge in [0, 0.05) is 6.04 Å². The molecule has 1 fully saturated rings. The summed E-state index contributed by atoms with van der Waals surface area (Å²) < 4.78 is 19.1. The van der Waals surface area contributed by atoms with Gasteiger partial charge >= 0.3 is 5.97 Å². The highest BCUT2D eigenvalue weighted by molar-refractivity contribution is 6.09. The van der Waals surface area contributed by atoms with E-state index in [2.05, 4.69) is 20.8 Å². The van der Waals surface area contributed by atoms with Crippen LogP contribution in [0.4, 0.5) is 10.1 Å². The Labute approximate surface area is 173 Å². The van der Waals surface area contributed by atoms with Crippen LogP contribution in [0.25, 0.3) is 0 Å². The van der Waals surface area contributed by atoms with Gasteiger partial charge in [-0.3, -0.25) is 19.5 Å². The number of anilines is 1. The van der Waals surface area contributed by atoms with Crippen LogP contribution in [0.5, 0.6) is 0 Å². The van der Waals surface area contributed by atoms with Crippen molar-refractivity contribution in [3.05, 3.63) is 47.0 Å². The molecule has 1 aromatic carbocycles. The number of ether oxygens (including phenoxy) is 1. The number of amides is 2. The molecule has 1 saturated carbocycles. The summed E-state index contributed by atoms with van der Waals surface area (Å²) in [6, 6.07) is 4.27. The Balaban J connectivity index is 1.61. The van der Waals surface area contributed by atoms with Crippen LogP contribution >= 0.6 is 0 Å². The third kappa shape index (κ3) is 4.84. The van der Waals surface area contributed by atoms with Gasteiger partial charge in [-0.25, -0.2) is 4.39 Å². The van der Waals surface area contributed by atoms with Crippen LogP contribution in [-0.4, -0.2) is 40.6 Å². The molecule has 0 radical (unpaired) electrons. The molecule has 2 amide bonds. The lowest BCUT2D eigenvalue weighted by atomic mass is 9.86. The minimum atomic E-state index is -0.656. The van der Waals surface area contributed by atoms with Gasteiger partial charge in [0.15, 0.2) is 0 Å². The van der Waals surface area contributed by atoms with Crippen molar-refractivity contribution in [3.63, 3.8) is 0 Å². The van der Waals surface area contributed by atoms with Crippen molar-refractivity contribution in [1.82, 2.24) is 15.5 Å². The summed E-state index contributed by atoms with van der Waals surface area (Å²) in [5, 5.41) is 11.9. The number of rotatable bonds is 6. The number of esters is 1. The molecule has 9 heteroatoms. The van der Waals surface area contributed by atoms with E-state index in [1.54, 1.807) is 19.9 Å². The summed E-state index contributed by atoms with van der Waals surface area (Å²) in [6.45, 7) is 3.77. The van der Waals surface area contributed by atoms with E-state index in [0.717, 1.165) is 0 Å². The summed E-state index contributed by atoms with van der Waals surface area (Å²) in [4.78, 5) is 37.0. The Morgan fingerprint density at radius 3 is 2.60 bits per heavy atom. The highest BCUT2D eigenvalue weighted by atomic mass is 19.1. The lowest BCUT2D eigenvalue weighted by Crippen LogP contribution is -2.39. The number of halogens is 1. The van der Waals surface area contributed by atoms with Gasteiger partial charge in [-0.05, 0) is 51.2 Å². The maximum atomic E-state index is 14.0. The molecular formula is C21H25FN4O4. The molecule has 3 N–H and O–H groups in total. The van der Waals surface area contributed by atoms with Crippen LogP contribution in [-0.2, 0) is 9.53 Å². The second-order valence-electron chi connectivity index (χ2n) is 7.32. The number of benzene rings is 1. The molecule has 2 aromatic rings. The van der Waals surface area contributed by atoms with E-state index in [0.29, 0.717) is 37.9 Å². The Morgan fingerprint density at radius 2 is 1.93 bits per heavy atom. The first-order chi connectivity index (χ1) is 14.4. The molecule has 1 aliphatic rings. The first kappa shape index (κ1) is 21.5.